The lowest BCUT2D eigenvalue weighted by molar-refractivity contribution is -0.0687. The van der Waals surface area contributed by atoms with Crippen LogP contribution in [0.3, 0.4) is 0 Å². The summed E-state index contributed by atoms with van der Waals surface area (Å²) in [6.07, 6.45) is 1.44. The van der Waals surface area contributed by atoms with Gasteiger partial charge in [-0.3, -0.25) is 4.90 Å². The van der Waals surface area contributed by atoms with Crippen LogP contribution in [-0.2, 0) is 21.3 Å². The van der Waals surface area contributed by atoms with E-state index in [1.54, 1.807) is 12.1 Å². The van der Waals surface area contributed by atoms with Crippen molar-refractivity contribution < 1.29 is 23.4 Å². The first-order valence-electron chi connectivity index (χ1n) is 8.65. The molecule has 1 aromatic carbocycles. The number of hydrogen-bond donors (Lipinski definition) is 2. The maximum absolute atomic E-state index is 12.6. The Morgan fingerprint density at radius 2 is 1.80 bits per heavy atom. The van der Waals surface area contributed by atoms with E-state index in [-0.39, 0.29) is 6.61 Å². The molecule has 25 heavy (non-hydrogen) atoms. The van der Waals surface area contributed by atoms with Crippen LogP contribution in [0.4, 0.5) is 0 Å². The summed E-state index contributed by atoms with van der Waals surface area (Å²) in [5.41, 5.74) is -0.0409. The summed E-state index contributed by atoms with van der Waals surface area (Å²) in [5, 5.41) is 19.6. The molecule has 0 aliphatic carbocycles. The van der Waals surface area contributed by atoms with E-state index >= 15 is 0 Å². The number of nitrogens with zero attached hydrogens (tertiary/aromatic N) is 2. The Kier molecular flexibility index (Phi) is 5.77. The third-order valence-electron chi connectivity index (χ3n) is 4.87. The minimum atomic E-state index is -3.47. The van der Waals surface area contributed by atoms with Crippen LogP contribution in [0.2, 0.25) is 0 Å². The van der Waals surface area contributed by atoms with Crippen molar-refractivity contribution >= 4 is 10.0 Å². The number of aliphatic hydroxyl groups is 2. The number of ether oxygens (including phenoxy) is 1. The van der Waals surface area contributed by atoms with Gasteiger partial charge in [-0.15, -0.1) is 0 Å². The molecular weight excluding hydrogens is 344 g/mol. The number of rotatable bonds is 5. The summed E-state index contributed by atoms with van der Waals surface area (Å²) in [6.45, 7) is 3.31. The number of hydrogen-bond acceptors (Lipinski definition) is 6. The van der Waals surface area contributed by atoms with Crippen LogP contribution in [0.5, 0.6) is 0 Å². The fourth-order valence-electron chi connectivity index (χ4n) is 3.43. The third-order valence-corrected chi connectivity index (χ3v) is 6.78. The zero-order valence-corrected chi connectivity index (χ0v) is 15.1. The molecule has 0 saturated carbocycles. The lowest BCUT2D eigenvalue weighted by Gasteiger charge is -2.38. The van der Waals surface area contributed by atoms with Crippen LogP contribution >= 0.6 is 0 Å². The normalized spacial score (nSPS) is 26.6. The molecule has 2 N–H and O–H groups in total. The second-order valence-corrected chi connectivity index (χ2v) is 8.80. The van der Waals surface area contributed by atoms with Gasteiger partial charge in [0.1, 0.15) is 5.60 Å². The van der Waals surface area contributed by atoms with Crippen molar-refractivity contribution in [2.45, 2.75) is 29.9 Å². The highest BCUT2D eigenvalue weighted by Crippen LogP contribution is 2.23. The maximum Gasteiger partial charge on any atom is 0.243 e. The van der Waals surface area contributed by atoms with Gasteiger partial charge in [-0.2, -0.15) is 4.31 Å². The van der Waals surface area contributed by atoms with E-state index in [9.17, 15) is 18.6 Å². The van der Waals surface area contributed by atoms with Crippen LogP contribution in [-0.4, -0.2) is 79.4 Å². The van der Waals surface area contributed by atoms with Crippen molar-refractivity contribution in [1.82, 2.24) is 9.21 Å². The predicted molar refractivity (Wildman–Crippen MR) is 92.6 cm³/mol. The zero-order valence-electron chi connectivity index (χ0n) is 14.3. The number of piperidine rings is 1. The smallest absolute Gasteiger partial charge is 0.243 e. The van der Waals surface area contributed by atoms with Crippen molar-refractivity contribution in [3.63, 3.8) is 0 Å². The van der Waals surface area contributed by atoms with Crippen molar-refractivity contribution in [2.75, 3.05) is 46.0 Å². The second kappa shape index (κ2) is 7.69. The molecule has 0 spiro atoms. The molecule has 2 saturated heterocycles. The molecule has 2 heterocycles. The number of sulfonamides is 1. The van der Waals surface area contributed by atoms with E-state index in [4.69, 9.17) is 4.74 Å². The van der Waals surface area contributed by atoms with Gasteiger partial charge in [0, 0.05) is 26.2 Å². The molecule has 7 nitrogen and oxygen atoms in total. The highest BCUT2D eigenvalue weighted by Gasteiger charge is 2.32. The minimum Gasteiger partial charge on any atom is -0.393 e. The predicted octanol–water partition coefficient (Wildman–Crippen LogP) is 0.0267. The lowest BCUT2D eigenvalue weighted by atomic mass is 9.93. The number of β-amino-alcohol motifs (C(OH)–C–C–N with tert-alkyl or cyclic N) is 1. The molecule has 2 aliphatic heterocycles. The maximum atomic E-state index is 12.6. The second-order valence-electron chi connectivity index (χ2n) is 6.86. The Balaban J connectivity index is 1.66. The molecule has 0 unspecified atom stereocenters. The van der Waals surface area contributed by atoms with E-state index in [0.717, 1.165) is 18.5 Å². The Morgan fingerprint density at radius 1 is 1.12 bits per heavy atom. The van der Waals surface area contributed by atoms with Gasteiger partial charge in [0.25, 0.3) is 0 Å². The number of likely N-dealkylation sites (tertiary alicyclic amines) is 1. The first-order valence-corrected chi connectivity index (χ1v) is 10.1. The largest absolute Gasteiger partial charge is 0.393 e. The van der Waals surface area contributed by atoms with E-state index in [1.165, 1.54) is 4.31 Å². The monoisotopic (exact) mass is 370 g/mol. The van der Waals surface area contributed by atoms with Gasteiger partial charge >= 0.3 is 0 Å². The Bertz CT molecular complexity index is 673. The highest BCUT2D eigenvalue weighted by atomic mass is 32.2. The summed E-state index contributed by atoms with van der Waals surface area (Å²) in [5.74, 6) is 0. The molecular formula is C17H26N2O5S. The lowest BCUT2D eigenvalue weighted by Crippen LogP contribution is -2.50. The Hall–Kier alpha value is -1.03. The first kappa shape index (κ1) is 18.8. The van der Waals surface area contributed by atoms with Gasteiger partial charge < -0.3 is 14.9 Å². The van der Waals surface area contributed by atoms with Crippen molar-refractivity contribution in [3.8, 4) is 0 Å². The molecule has 0 amide bonds. The topological polar surface area (TPSA) is 90.3 Å². The number of aliphatic hydroxyl groups excluding tert-OH is 1. The van der Waals surface area contributed by atoms with E-state index in [1.807, 2.05) is 12.1 Å². The van der Waals surface area contributed by atoms with Gasteiger partial charge in [-0.05, 0) is 37.1 Å². The quantitative estimate of drug-likeness (QED) is 0.760. The van der Waals surface area contributed by atoms with Crippen molar-refractivity contribution in [1.29, 1.82) is 0 Å². The summed E-state index contributed by atoms with van der Waals surface area (Å²) in [6, 6.07) is 6.92. The molecule has 0 aromatic heterocycles. The van der Waals surface area contributed by atoms with Crippen molar-refractivity contribution in [3.05, 3.63) is 29.8 Å². The minimum absolute atomic E-state index is 0.236. The van der Waals surface area contributed by atoms with Gasteiger partial charge in [0.05, 0.1) is 24.7 Å². The summed E-state index contributed by atoms with van der Waals surface area (Å²) < 4.78 is 31.9. The van der Waals surface area contributed by atoms with Gasteiger partial charge in [-0.1, -0.05) is 12.1 Å². The molecule has 1 atom stereocenters. The van der Waals surface area contributed by atoms with Crippen LogP contribution in [0, 0.1) is 0 Å². The molecule has 8 heteroatoms. The molecule has 140 valence electrons. The van der Waals surface area contributed by atoms with Crippen LogP contribution in [0.15, 0.2) is 29.2 Å². The Labute approximate surface area is 148 Å². The third kappa shape index (κ3) is 4.39. The van der Waals surface area contributed by atoms with Crippen LogP contribution in [0.25, 0.3) is 0 Å². The molecule has 0 radical (unpaired) electrons. The van der Waals surface area contributed by atoms with Crippen LogP contribution in [0.1, 0.15) is 18.4 Å². The van der Waals surface area contributed by atoms with Crippen LogP contribution < -0.4 is 0 Å². The number of benzene rings is 1. The van der Waals surface area contributed by atoms with Crippen molar-refractivity contribution in [2.24, 2.45) is 0 Å². The summed E-state index contributed by atoms with van der Waals surface area (Å²) in [4.78, 5) is 2.38. The standard InChI is InChI=1S/C17H26N2O5S/c20-14-17(21)6-1-7-18(13-17)12-15-2-4-16(5-3-15)25(22,23)19-8-10-24-11-9-19/h2-5,20-21H,1,6-14H2/t17-/m1/s1. The molecule has 0 bridgehead atoms. The molecule has 2 aliphatic rings. The molecule has 2 fully saturated rings. The fourth-order valence-corrected chi connectivity index (χ4v) is 4.84. The van der Waals surface area contributed by atoms with Gasteiger partial charge in [-0.25, -0.2) is 8.42 Å². The molecule has 1 aromatic rings. The Morgan fingerprint density at radius 3 is 2.44 bits per heavy atom. The molecule has 3 rings (SSSR count). The van der Waals surface area contributed by atoms with Gasteiger partial charge in [0.15, 0.2) is 0 Å². The van der Waals surface area contributed by atoms with E-state index < -0.39 is 15.6 Å². The fraction of sp³-hybridized carbons (Fsp3) is 0.647. The average Bonchev–Trinajstić information content (AvgIpc) is 2.63. The van der Waals surface area contributed by atoms with E-state index in [0.29, 0.717) is 50.7 Å². The SMILES string of the molecule is O=S(=O)(c1ccc(CN2CCC[C@](O)(CO)C2)cc1)N1CCOCC1. The number of morpholine rings is 1. The first-order chi connectivity index (χ1) is 11.9. The highest BCUT2D eigenvalue weighted by molar-refractivity contribution is 7.89. The summed E-state index contributed by atoms with van der Waals surface area (Å²) in [7, 11) is -3.47. The van der Waals surface area contributed by atoms with Gasteiger partial charge in [0.2, 0.25) is 10.0 Å². The average molecular weight is 370 g/mol. The summed E-state index contributed by atoms with van der Waals surface area (Å²) >= 11 is 0. The zero-order chi connectivity index (χ0) is 17.9. The van der Waals surface area contributed by atoms with E-state index in [2.05, 4.69) is 4.90 Å².